The Hall–Kier alpha value is -2.74. The first-order valence-electron chi connectivity index (χ1n) is 8.91. The summed E-state index contributed by atoms with van der Waals surface area (Å²) in [5.74, 6) is -0.537. The molecule has 0 bridgehead atoms. The first-order chi connectivity index (χ1) is 12.5. The first kappa shape index (κ1) is 18.1. The molecule has 2 aromatic rings. The third-order valence-corrected chi connectivity index (χ3v) is 4.58. The molecular weight excluding hydrogens is 332 g/mol. The number of benzene rings is 1. The Morgan fingerprint density at radius 1 is 1.19 bits per heavy atom. The van der Waals surface area contributed by atoms with Crippen molar-refractivity contribution in [3.8, 4) is 5.69 Å². The van der Waals surface area contributed by atoms with Gasteiger partial charge in [0.2, 0.25) is 5.91 Å². The van der Waals surface area contributed by atoms with E-state index in [-0.39, 0.29) is 17.9 Å². The number of anilines is 1. The zero-order valence-electron chi connectivity index (χ0n) is 14.8. The third-order valence-electron chi connectivity index (χ3n) is 4.58. The second-order valence-corrected chi connectivity index (χ2v) is 6.69. The average Bonchev–Trinajstić information content (AvgIpc) is 3.17. The monoisotopic (exact) mass is 356 g/mol. The van der Waals surface area contributed by atoms with Gasteiger partial charge in [-0.1, -0.05) is 19.3 Å². The maximum atomic E-state index is 12.8. The number of aromatic nitrogens is 3. The van der Waals surface area contributed by atoms with Gasteiger partial charge in [0.25, 0.3) is 5.91 Å². The van der Waals surface area contributed by atoms with Gasteiger partial charge < -0.3 is 16.4 Å². The van der Waals surface area contributed by atoms with Crippen LogP contribution in [0.2, 0.25) is 0 Å². The summed E-state index contributed by atoms with van der Waals surface area (Å²) in [6, 6.07) is 4.72. The van der Waals surface area contributed by atoms with Crippen molar-refractivity contribution in [3.63, 3.8) is 0 Å². The van der Waals surface area contributed by atoms with Crippen LogP contribution in [0.5, 0.6) is 0 Å². The molecule has 8 heteroatoms. The minimum absolute atomic E-state index is 0.186. The fraction of sp³-hybridized carbons (Fsp3) is 0.444. The number of amides is 2. The number of carbonyl (C=O) groups excluding carboxylic acids is 2. The molecule has 1 heterocycles. The van der Waals surface area contributed by atoms with Crippen LogP contribution in [-0.4, -0.2) is 38.7 Å². The van der Waals surface area contributed by atoms with E-state index in [0.29, 0.717) is 11.3 Å². The second-order valence-electron chi connectivity index (χ2n) is 6.69. The second kappa shape index (κ2) is 8.09. The standard InChI is InChI=1S/C18H24N6O2/c1-12(19)17(25)23-16-9-14(24-10-20-21-11-24)7-8-15(16)18(26)22-13-5-3-2-4-6-13/h7-13H,2-6,19H2,1H3,(H,22,26)(H,23,25). The Morgan fingerprint density at radius 3 is 2.54 bits per heavy atom. The SMILES string of the molecule is CC(N)C(=O)Nc1cc(-n2cnnc2)ccc1C(=O)NC1CCCCC1. The van der Waals surface area contributed by atoms with Gasteiger partial charge in [-0.05, 0) is 38.0 Å². The van der Waals surface area contributed by atoms with Gasteiger partial charge >= 0.3 is 0 Å². The van der Waals surface area contributed by atoms with E-state index in [1.54, 1.807) is 42.3 Å². The van der Waals surface area contributed by atoms with Gasteiger partial charge in [-0.2, -0.15) is 0 Å². The number of nitrogens with one attached hydrogen (secondary N) is 2. The molecule has 1 aliphatic carbocycles. The number of rotatable bonds is 5. The first-order valence-corrected chi connectivity index (χ1v) is 8.91. The van der Waals surface area contributed by atoms with Crippen LogP contribution in [0.3, 0.4) is 0 Å². The fourth-order valence-electron chi connectivity index (χ4n) is 3.08. The lowest BCUT2D eigenvalue weighted by Gasteiger charge is -2.23. The summed E-state index contributed by atoms with van der Waals surface area (Å²) in [6.07, 6.45) is 8.56. The molecule has 2 amide bonds. The minimum atomic E-state index is -0.678. The summed E-state index contributed by atoms with van der Waals surface area (Å²) >= 11 is 0. The molecule has 138 valence electrons. The van der Waals surface area contributed by atoms with E-state index in [9.17, 15) is 9.59 Å². The lowest BCUT2D eigenvalue weighted by atomic mass is 9.95. The number of hydrogen-bond donors (Lipinski definition) is 3. The van der Waals surface area contributed by atoms with Crippen molar-refractivity contribution in [1.82, 2.24) is 20.1 Å². The summed E-state index contributed by atoms with van der Waals surface area (Å²) in [7, 11) is 0. The topological polar surface area (TPSA) is 115 Å². The van der Waals surface area contributed by atoms with Crippen molar-refractivity contribution < 1.29 is 9.59 Å². The highest BCUT2D eigenvalue weighted by Crippen LogP contribution is 2.23. The highest BCUT2D eigenvalue weighted by Gasteiger charge is 2.20. The van der Waals surface area contributed by atoms with Gasteiger partial charge in [-0.15, -0.1) is 10.2 Å². The summed E-state index contributed by atoms with van der Waals surface area (Å²) in [4.78, 5) is 24.8. The maximum absolute atomic E-state index is 12.8. The van der Waals surface area contributed by atoms with E-state index in [4.69, 9.17) is 5.73 Å². The molecule has 0 aliphatic heterocycles. The highest BCUT2D eigenvalue weighted by molar-refractivity contribution is 6.05. The Labute approximate surface area is 152 Å². The zero-order chi connectivity index (χ0) is 18.5. The van der Waals surface area contributed by atoms with Crippen molar-refractivity contribution in [1.29, 1.82) is 0 Å². The Morgan fingerprint density at radius 2 is 1.88 bits per heavy atom. The molecule has 1 aromatic carbocycles. The largest absolute Gasteiger partial charge is 0.349 e. The van der Waals surface area contributed by atoms with Crippen LogP contribution in [0.1, 0.15) is 49.4 Å². The van der Waals surface area contributed by atoms with Crippen molar-refractivity contribution in [3.05, 3.63) is 36.4 Å². The Kier molecular flexibility index (Phi) is 5.62. The van der Waals surface area contributed by atoms with E-state index in [2.05, 4.69) is 20.8 Å². The highest BCUT2D eigenvalue weighted by atomic mass is 16.2. The predicted octanol–water partition coefficient (Wildman–Crippen LogP) is 1.62. The molecular formula is C18H24N6O2. The third kappa shape index (κ3) is 4.26. The summed E-state index contributed by atoms with van der Waals surface area (Å²) in [5, 5.41) is 13.4. The quantitative estimate of drug-likeness (QED) is 0.753. The van der Waals surface area contributed by atoms with Gasteiger partial charge in [0.05, 0.1) is 23.0 Å². The van der Waals surface area contributed by atoms with Gasteiger partial charge in [-0.25, -0.2) is 0 Å². The molecule has 1 atom stereocenters. The molecule has 0 spiro atoms. The van der Waals surface area contributed by atoms with E-state index < -0.39 is 6.04 Å². The van der Waals surface area contributed by atoms with Crippen LogP contribution in [0.15, 0.2) is 30.9 Å². The van der Waals surface area contributed by atoms with Gasteiger partial charge in [0, 0.05) is 6.04 Å². The summed E-state index contributed by atoms with van der Waals surface area (Å²) < 4.78 is 1.70. The molecule has 1 aliphatic rings. The number of nitrogens with two attached hydrogens (primary N) is 1. The lowest BCUT2D eigenvalue weighted by molar-refractivity contribution is -0.117. The minimum Gasteiger partial charge on any atom is -0.349 e. The summed E-state index contributed by atoms with van der Waals surface area (Å²) in [6.45, 7) is 1.60. The lowest BCUT2D eigenvalue weighted by Crippen LogP contribution is -2.37. The molecule has 0 saturated heterocycles. The molecule has 3 rings (SSSR count). The number of nitrogens with zero attached hydrogens (tertiary/aromatic N) is 3. The summed E-state index contributed by atoms with van der Waals surface area (Å²) in [5.41, 5.74) is 7.24. The average molecular weight is 356 g/mol. The Bertz CT molecular complexity index is 766. The van der Waals surface area contributed by atoms with Crippen LogP contribution in [0, 0.1) is 0 Å². The van der Waals surface area contributed by atoms with Crippen molar-refractivity contribution >= 4 is 17.5 Å². The smallest absolute Gasteiger partial charge is 0.253 e. The molecule has 1 fully saturated rings. The van der Waals surface area contributed by atoms with Crippen LogP contribution in [0.4, 0.5) is 5.69 Å². The maximum Gasteiger partial charge on any atom is 0.253 e. The van der Waals surface area contributed by atoms with Crippen LogP contribution < -0.4 is 16.4 Å². The van der Waals surface area contributed by atoms with Crippen molar-refractivity contribution in [2.24, 2.45) is 5.73 Å². The van der Waals surface area contributed by atoms with Crippen molar-refractivity contribution in [2.75, 3.05) is 5.32 Å². The van der Waals surface area contributed by atoms with Crippen molar-refractivity contribution in [2.45, 2.75) is 51.1 Å². The van der Waals surface area contributed by atoms with E-state index in [0.717, 1.165) is 31.4 Å². The van der Waals surface area contributed by atoms with E-state index >= 15 is 0 Å². The number of carbonyl (C=O) groups is 2. The zero-order valence-corrected chi connectivity index (χ0v) is 14.8. The van der Waals surface area contributed by atoms with Crippen LogP contribution in [0.25, 0.3) is 5.69 Å². The van der Waals surface area contributed by atoms with E-state index in [1.807, 2.05) is 0 Å². The molecule has 4 N–H and O–H groups in total. The fourth-order valence-corrected chi connectivity index (χ4v) is 3.08. The molecule has 1 unspecified atom stereocenters. The molecule has 8 nitrogen and oxygen atoms in total. The van der Waals surface area contributed by atoms with Gasteiger partial charge in [0.15, 0.2) is 0 Å². The Balaban J connectivity index is 1.86. The van der Waals surface area contributed by atoms with Crippen LogP contribution >= 0.6 is 0 Å². The molecule has 1 aromatic heterocycles. The van der Waals surface area contributed by atoms with Gasteiger partial charge in [0.1, 0.15) is 12.7 Å². The number of hydrogen-bond acceptors (Lipinski definition) is 5. The van der Waals surface area contributed by atoms with Crippen LogP contribution in [-0.2, 0) is 4.79 Å². The molecule has 0 radical (unpaired) electrons. The molecule has 26 heavy (non-hydrogen) atoms. The van der Waals surface area contributed by atoms with E-state index in [1.165, 1.54) is 6.42 Å². The van der Waals surface area contributed by atoms with Gasteiger partial charge in [-0.3, -0.25) is 14.2 Å². The normalized spacial score (nSPS) is 16.1. The molecule has 1 saturated carbocycles. The predicted molar refractivity (Wildman–Crippen MR) is 98.0 cm³/mol.